The maximum absolute atomic E-state index is 10.7. The van der Waals surface area contributed by atoms with Gasteiger partial charge in [-0.2, -0.15) is 10.4 Å². The normalized spacial score (nSPS) is 10.3. The van der Waals surface area contributed by atoms with Gasteiger partial charge in [0.25, 0.3) is 0 Å². The first-order chi connectivity index (χ1) is 10.1. The van der Waals surface area contributed by atoms with Crippen LogP contribution in [0, 0.1) is 11.3 Å². The Morgan fingerprint density at radius 1 is 1.48 bits per heavy atom. The molecule has 0 saturated carbocycles. The standard InChI is InChI=1S/C14H13N3O3S/c1-20-8-11-6-13(21-9-14(18)19)17(16-11)12-4-2-10(7-15)3-5-12/h2-6H,8-9H2,1H3,(H,18,19). The van der Waals surface area contributed by atoms with Crippen LogP contribution in [-0.2, 0) is 16.1 Å². The molecule has 0 spiro atoms. The minimum absolute atomic E-state index is 0.0472. The van der Waals surface area contributed by atoms with Crippen LogP contribution in [-0.4, -0.2) is 33.7 Å². The Morgan fingerprint density at radius 2 is 2.19 bits per heavy atom. The fourth-order valence-electron chi connectivity index (χ4n) is 1.73. The minimum atomic E-state index is -0.888. The lowest BCUT2D eigenvalue weighted by Gasteiger charge is -2.06. The molecule has 2 aromatic rings. The molecule has 0 aliphatic carbocycles. The zero-order chi connectivity index (χ0) is 15.2. The quantitative estimate of drug-likeness (QED) is 0.822. The average Bonchev–Trinajstić information content (AvgIpc) is 2.88. The molecular weight excluding hydrogens is 290 g/mol. The van der Waals surface area contributed by atoms with Crippen LogP contribution >= 0.6 is 11.8 Å². The van der Waals surface area contributed by atoms with Gasteiger partial charge in [0.1, 0.15) is 5.03 Å². The molecule has 0 aliphatic rings. The van der Waals surface area contributed by atoms with Crippen molar-refractivity contribution in [3.8, 4) is 11.8 Å². The molecular formula is C14H13N3O3S. The number of hydrogen-bond acceptors (Lipinski definition) is 5. The maximum Gasteiger partial charge on any atom is 0.313 e. The van der Waals surface area contributed by atoms with Crippen molar-refractivity contribution in [2.45, 2.75) is 11.6 Å². The van der Waals surface area contributed by atoms with Gasteiger partial charge in [0.2, 0.25) is 0 Å². The van der Waals surface area contributed by atoms with E-state index in [1.807, 2.05) is 0 Å². The molecule has 108 valence electrons. The van der Waals surface area contributed by atoms with Crippen molar-refractivity contribution >= 4 is 17.7 Å². The Kier molecular flexibility index (Phi) is 4.98. The summed E-state index contributed by atoms with van der Waals surface area (Å²) in [6.07, 6.45) is 0. The summed E-state index contributed by atoms with van der Waals surface area (Å²) in [4.78, 5) is 10.7. The summed E-state index contributed by atoms with van der Waals surface area (Å²) >= 11 is 1.19. The molecule has 1 aromatic carbocycles. The summed E-state index contributed by atoms with van der Waals surface area (Å²) in [5, 5.41) is 22.7. The van der Waals surface area contributed by atoms with Crippen LogP contribution in [0.25, 0.3) is 5.69 Å². The number of nitriles is 1. The molecule has 0 atom stereocenters. The average molecular weight is 303 g/mol. The number of thioether (sulfide) groups is 1. The lowest BCUT2D eigenvalue weighted by Crippen LogP contribution is -2.02. The van der Waals surface area contributed by atoms with Crippen molar-refractivity contribution < 1.29 is 14.6 Å². The van der Waals surface area contributed by atoms with E-state index < -0.39 is 5.97 Å². The number of carboxylic acid groups (broad SMARTS) is 1. The van der Waals surface area contributed by atoms with Crippen LogP contribution in [0.5, 0.6) is 0 Å². The second-order valence-corrected chi connectivity index (χ2v) is 5.16. The Balaban J connectivity index is 2.34. The third kappa shape index (κ3) is 3.84. The number of methoxy groups -OCH3 is 1. The third-order valence-electron chi connectivity index (χ3n) is 2.60. The van der Waals surface area contributed by atoms with Crippen molar-refractivity contribution in [2.24, 2.45) is 0 Å². The zero-order valence-corrected chi connectivity index (χ0v) is 12.1. The fraction of sp³-hybridized carbons (Fsp3) is 0.214. The molecule has 0 bridgehead atoms. The molecule has 1 N–H and O–H groups in total. The molecule has 0 aliphatic heterocycles. The van der Waals surface area contributed by atoms with Gasteiger partial charge in [-0.15, -0.1) is 0 Å². The summed E-state index contributed by atoms with van der Waals surface area (Å²) < 4.78 is 6.71. The number of nitrogens with zero attached hydrogens (tertiary/aromatic N) is 3. The molecule has 0 amide bonds. The minimum Gasteiger partial charge on any atom is -0.481 e. The van der Waals surface area contributed by atoms with Crippen LogP contribution in [0.3, 0.4) is 0 Å². The number of ether oxygens (including phenoxy) is 1. The molecule has 0 saturated heterocycles. The van der Waals surface area contributed by atoms with Gasteiger partial charge in [0.15, 0.2) is 0 Å². The lowest BCUT2D eigenvalue weighted by atomic mass is 10.2. The zero-order valence-electron chi connectivity index (χ0n) is 11.3. The number of carboxylic acids is 1. The van der Waals surface area contributed by atoms with E-state index in [2.05, 4.69) is 11.2 Å². The molecule has 1 aromatic heterocycles. The SMILES string of the molecule is COCc1cc(SCC(=O)O)n(-c2ccc(C#N)cc2)n1. The molecule has 21 heavy (non-hydrogen) atoms. The van der Waals surface area contributed by atoms with Crippen LogP contribution in [0.4, 0.5) is 0 Å². The van der Waals surface area contributed by atoms with E-state index in [1.54, 1.807) is 42.1 Å². The van der Waals surface area contributed by atoms with Gasteiger partial charge in [-0.05, 0) is 30.3 Å². The molecule has 7 heteroatoms. The largest absolute Gasteiger partial charge is 0.481 e. The van der Waals surface area contributed by atoms with E-state index in [1.165, 1.54) is 11.8 Å². The maximum atomic E-state index is 10.7. The first-order valence-corrected chi connectivity index (χ1v) is 7.05. The fourth-order valence-corrected chi connectivity index (χ4v) is 2.49. The van der Waals surface area contributed by atoms with E-state index in [0.29, 0.717) is 17.2 Å². The molecule has 0 fully saturated rings. The van der Waals surface area contributed by atoms with Gasteiger partial charge in [-0.3, -0.25) is 4.79 Å². The van der Waals surface area contributed by atoms with Gasteiger partial charge in [-0.1, -0.05) is 11.8 Å². The highest BCUT2D eigenvalue weighted by Gasteiger charge is 2.12. The highest BCUT2D eigenvalue weighted by Crippen LogP contribution is 2.23. The Hall–Kier alpha value is -2.30. The van der Waals surface area contributed by atoms with Gasteiger partial charge in [-0.25, -0.2) is 4.68 Å². The van der Waals surface area contributed by atoms with Crippen LogP contribution < -0.4 is 0 Å². The number of aromatic nitrogens is 2. The number of rotatable bonds is 6. The molecule has 0 unspecified atom stereocenters. The monoisotopic (exact) mass is 303 g/mol. The first kappa shape index (κ1) is 15.1. The van der Waals surface area contributed by atoms with Gasteiger partial charge < -0.3 is 9.84 Å². The summed E-state index contributed by atoms with van der Waals surface area (Å²) in [7, 11) is 1.57. The Bertz CT molecular complexity index is 674. The predicted molar refractivity (Wildman–Crippen MR) is 77.4 cm³/mol. The van der Waals surface area contributed by atoms with Crippen LogP contribution in [0.15, 0.2) is 35.4 Å². The number of carbonyl (C=O) groups is 1. The number of aliphatic carboxylic acids is 1. The first-order valence-electron chi connectivity index (χ1n) is 6.07. The van der Waals surface area contributed by atoms with Crippen molar-refractivity contribution in [1.29, 1.82) is 5.26 Å². The smallest absolute Gasteiger partial charge is 0.313 e. The van der Waals surface area contributed by atoms with E-state index in [0.717, 1.165) is 11.4 Å². The van der Waals surface area contributed by atoms with Crippen molar-refractivity contribution in [3.05, 3.63) is 41.6 Å². The summed E-state index contributed by atoms with van der Waals surface area (Å²) in [5.74, 6) is -0.935. The third-order valence-corrected chi connectivity index (χ3v) is 3.58. The number of hydrogen-bond donors (Lipinski definition) is 1. The second kappa shape index (κ2) is 6.92. The summed E-state index contributed by atoms with van der Waals surface area (Å²) in [6, 6.07) is 10.8. The van der Waals surface area contributed by atoms with Crippen molar-refractivity contribution in [3.63, 3.8) is 0 Å². The van der Waals surface area contributed by atoms with Gasteiger partial charge in [0.05, 0.1) is 35.4 Å². The van der Waals surface area contributed by atoms with E-state index in [4.69, 9.17) is 15.1 Å². The van der Waals surface area contributed by atoms with Gasteiger partial charge in [0, 0.05) is 7.11 Å². The van der Waals surface area contributed by atoms with Gasteiger partial charge >= 0.3 is 5.97 Å². The molecule has 6 nitrogen and oxygen atoms in total. The molecule has 2 rings (SSSR count). The van der Waals surface area contributed by atoms with Crippen LogP contribution in [0.1, 0.15) is 11.3 Å². The van der Waals surface area contributed by atoms with Crippen LogP contribution in [0.2, 0.25) is 0 Å². The Labute approximate surface area is 126 Å². The predicted octanol–water partition coefficient (Wildman–Crippen LogP) is 2.07. The topological polar surface area (TPSA) is 88.1 Å². The number of benzene rings is 1. The van der Waals surface area contributed by atoms with E-state index >= 15 is 0 Å². The van der Waals surface area contributed by atoms with Crippen molar-refractivity contribution in [2.75, 3.05) is 12.9 Å². The van der Waals surface area contributed by atoms with E-state index in [9.17, 15) is 4.79 Å². The summed E-state index contributed by atoms with van der Waals surface area (Å²) in [6.45, 7) is 0.351. The second-order valence-electron chi connectivity index (χ2n) is 4.16. The highest BCUT2D eigenvalue weighted by molar-refractivity contribution is 7.99. The highest BCUT2D eigenvalue weighted by atomic mass is 32.2. The van der Waals surface area contributed by atoms with Crippen molar-refractivity contribution in [1.82, 2.24) is 9.78 Å². The Morgan fingerprint density at radius 3 is 2.76 bits per heavy atom. The lowest BCUT2D eigenvalue weighted by molar-refractivity contribution is -0.133. The summed E-state index contributed by atoms with van der Waals surface area (Å²) in [5.41, 5.74) is 2.04. The molecule has 0 radical (unpaired) electrons. The molecule has 1 heterocycles. The van der Waals surface area contributed by atoms with E-state index in [-0.39, 0.29) is 5.75 Å².